The summed E-state index contributed by atoms with van der Waals surface area (Å²) < 4.78 is 5.58. The van der Waals surface area contributed by atoms with E-state index in [2.05, 4.69) is 34.9 Å². The van der Waals surface area contributed by atoms with Crippen LogP contribution in [0.4, 0.5) is 4.79 Å². The summed E-state index contributed by atoms with van der Waals surface area (Å²) in [7, 11) is 0. The fourth-order valence-corrected chi connectivity index (χ4v) is 4.86. The summed E-state index contributed by atoms with van der Waals surface area (Å²) in [5.41, 5.74) is 4.63. The average Bonchev–Trinajstić information content (AvgIpc) is 3.16. The van der Waals surface area contributed by atoms with E-state index in [9.17, 15) is 19.5 Å². The van der Waals surface area contributed by atoms with Crippen molar-refractivity contribution in [2.24, 2.45) is 11.8 Å². The molecule has 0 aliphatic heterocycles. The number of amides is 2. The molecule has 8 heteroatoms. The van der Waals surface area contributed by atoms with Crippen molar-refractivity contribution >= 4 is 29.7 Å². The summed E-state index contributed by atoms with van der Waals surface area (Å²) in [5.74, 6) is -0.769. The second-order valence-corrected chi connectivity index (χ2v) is 10.1. The molecule has 0 radical (unpaired) electrons. The number of alkyl carbamates (subject to hydrolysis) is 1. The van der Waals surface area contributed by atoms with E-state index in [1.54, 1.807) is 0 Å². The number of nitrogens with one attached hydrogen (secondary N) is 2. The molecule has 7 nitrogen and oxygen atoms in total. The van der Waals surface area contributed by atoms with Crippen molar-refractivity contribution in [3.63, 3.8) is 0 Å². The lowest BCUT2D eigenvalue weighted by molar-refractivity contribution is -0.142. The highest BCUT2D eigenvalue weighted by Gasteiger charge is 2.29. The van der Waals surface area contributed by atoms with Crippen molar-refractivity contribution < 1.29 is 24.2 Å². The van der Waals surface area contributed by atoms with Gasteiger partial charge in [0.1, 0.15) is 12.6 Å². The van der Waals surface area contributed by atoms with Gasteiger partial charge in [0.25, 0.3) is 0 Å². The molecule has 2 atom stereocenters. The summed E-state index contributed by atoms with van der Waals surface area (Å²) in [6.07, 6.45) is 1.86. The molecule has 1 aliphatic carbocycles. The minimum atomic E-state index is -1.04. The Bertz CT molecular complexity index is 996. The highest BCUT2D eigenvalue weighted by atomic mass is 32.2. The second-order valence-electron chi connectivity index (χ2n) is 9.15. The van der Waals surface area contributed by atoms with Gasteiger partial charge in [-0.25, -0.2) is 9.59 Å². The van der Waals surface area contributed by atoms with Crippen LogP contribution in [0.3, 0.4) is 0 Å². The number of carboxylic acids is 1. The maximum absolute atomic E-state index is 12.5. The number of carbonyl (C=O) groups excluding carboxylic acids is 2. The first-order valence-corrected chi connectivity index (χ1v) is 13.3. The Morgan fingerprint density at radius 2 is 1.63 bits per heavy atom. The highest BCUT2D eigenvalue weighted by molar-refractivity contribution is 7.98. The topological polar surface area (TPSA) is 105 Å². The summed E-state index contributed by atoms with van der Waals surface area (Å²) in [6, 6.07) is 15.4. The maximum atomic E-state index is 12.5. The van der Waals surface area contributed by atoms with Crippen LogP contribution in [0.1, 0.15) is 43.7 Å². The molecule has 2 aromatic carbocycles. The predicted molar refractivity (Wildman–Crippen MR) is 139 cm³/mol. The maximum Gasteiger partial charge on any atom is 0.407 e. The fraction of sp³-hybridized carbons (Fsp3) is 0.444. The van der Waals surface area contributed by atoms with Gasteiger partial charge in [-0.15, -0.1) is 0 Å². The lowest BCUT2D eigenvalue weighted by Crippen LogP contribution is -2.43. The summed E-state index contributed by atoms with van der Waals surface area (Å²) in [4.78, 5) is 36.4. The van der Waals surface area contributed by atoms with Crippen LogP contribution >= 0.6 is 11.8 Å². The zero-order valence-electron chi connectivity index (χ0n) is 20.5. The van der Waals surface area contributed by atoms with Crippen LogP contribution in [-0.2, 0) is 14.3 Å². The molecule has 2 aromatic rings. The van der Waals surface area contributed by atoms with Crippen molar-refractivity contribution in [1.29, 1.82) is 0 Å². The van der Waals surface area contributed by atoms with E-state index < -0.39 is 18.1 Å². The smallest absolute Gasteiger partial charge is 0.407 e. The molecule has 2 unspecified atom stereocenters. The molecule has 3 rings (SSSR count). The molecule has 0 saturated carbocycles. The van der Waals surface area contributed by atoms with Gasteiger partial charge in [-0.3, -0.25) is 4.79 Å². The third-order valence-electron chi connectivity index (χ3n) is 6.49. The van der Waals surface area contributed by atoms with Gasteiger partial charge in [0, 0.05) is 18.9 Å². The first-order valence-electron chi connectivity index (χ1n) is 11.9. The van der Waals surface area contributed by atoms with E-state index in [1.807, 2.05) is 44.4 Å². The third kappa shape index (κ3) is 7.01. The molecule has 0 bridgehead atoms. The molecule has 188 valence electrons. The number of rotatable bonds is 12. The summed E-state index contributed by atoms with van der Waals surface area (Å²) in [5, 5.41) is 14.7. The monoisotopic (exact) mass is 498 g/mol. The van der Waals surface area contributed by atoms with Crippen LogP contribution < -0.4 is 10.6 Å². The molecular formula is C27H34N2O5S. The van der Waals surface area contributed by atoms with Gasteiger partial charge in [0.15, 0.2) is 0 Å². The molecule has 0 fully saturated rings. The molecule has 0 saturated heterocycles. The summed E-state index contributed by atoms with van der Waals surface area (Å²) >= 11 is 1.53. The first-order chi connectivity index (χ1) is 16.8. The lowest BCUT2D eigenvalue weighted by atomic mass is 9.92. The van der Waals surface area contributed by atoms with Crippen LogP contribution in [0.2, 0.25) is 0 Å². The molecule has 0 aromatic heterocycles. The van der Waals surface area contributed by atoms with Crippen LogP contribution in [0, 0.1) is 11.8 Å². The Morgan fingerprint density at radius 3 is 2.17 bits per heavy atom. The highest BCUT2D eigenvalue weighted by Crippen LogP contribution is 2.44. The van der Waals surface area contributed by atoms with Crippen molar-refractivity contribution in [3.05, 3.63) is 59.7 Å². The Labute approximate surface area is 211 Å². The predicted octanol–water partition coefficient (Wildman–Crippen LogP) is 4.51. The SMILES string of the molecule is CSCCC(NC(=O)CC(CNC(=O)OCC1c2ccccc2-c2ccccc21)C(C)C)C(=O)O. The quantitative estimate of drug-likeness (QED) is 0.398. The van der Waals surface area contributed by atoms with Crippen LogP contribution in [0.15, 0.2) is 48.5 Å². The van der Waals surface area contributed by atoms with Gasteiger partial charge < -0.3 is 20.5 Å². The number of ether oxygens (including phenoxy) is 1. The Kier molecular flexibility index (Phi) is 9.60. The standard InChI is InChI=1S/C27H34N2O5S/c1-17(2)18(14-25(30)29-24(26(31)32)12-13-35-3)15-28-27(33)34-16-23-21-10-6-4-8-19(21)20-9-5-7-11-22(20)23/h4-11,17-18,23-24H,12-16H2,1-3H3,(H,28,33)(H,29,30)(H,31,32). The van der Waals surface area contributed by atoms with Gasteiger partial charge in [-0.1, -0.05) is 62.4 Å². The Hall–Kier alpha value is -3.00. The second kappa shape index (κ2) is 12.6. The minimum absolute atomic E-state index is 0.0194. The van der Waals surface area contributed by atoms with Crippen molar-refractivity contribution in [2.75, 3.05) is 25.2 Å². The number of aliphatic carboxylic acids is 1. The van der Waals surface area contributed by atoms with Gasteiger partial charge >= 0.3 is 12.1 Å². The van der Waals surface area contributed by atoms with Gasteiger partial charge in [-0.05, 0) is 52.5 Å². The lowest BCUT2D eigenvalue weighted by Gasteiger charge is -2.22. The Morgan fingerprint density at radius 1 is 1.03 bits per heavy atom. The van der Waals surface area contributed by atoms with E-state index in [0.717, 1.165) is 11.1 Å². The number of benzene rings is 2. The van der Waals surface area contributed by atoms with E-state index in [1.165, 1.54) is 22.9 Å². The van der Waals surface area contributed by atoms with E-state index >= 15 is 0 Å². The first kappa shape index (κ1) is 26.6. The third-order valence-corrected chi connectivity index (χ3v) is 7.13. The average molecular weight is 499 g/mol. The van der Waals surface area contributed by atoms with Crippen LogP contribution in [-0.4, -0.2) is 54.3 Å². The van der Waals surface area contributed by atoms with E-state index in [0.29, 0.717) is 12.2 Å². The molecule has 0 spiro atoms. The molecule has 0 heterocycles. The zero-order valence-corrected chi connectivity index (χ0v) is 21.3. The van der Waals surface area contributed by atoms with Crippen LogP contribution in [0.25, 0.3) is 11.1 Å². The van der Waals surface area contributed by atoms with Crippen molar-refractivity contribution in [2.45, 2.75) is 38.6 Å². The minimum Gasteiger partial charge on any atom is -0.480 e. The molecule has 1 aliphatic rings. The molecule has 2 amide bonds. The van der Waals surface area contributed by atoms with Gasteiger partial charge in [0.05, 0.1) is 0 Å². The van der Waals surface area contributed by atoms with Crippen molar-refractivity contribution in [3.8, 4) is 11.1 Å². The summed E-state index contributed by atoms with van der Waals surface area (Å²) in [6.45, 7) is 4.44. The molecule has 35 heavy (non-hydrogen) atoms. The largest absolute Gasteiger partial charge is 0.480 e. The van der Waals surface area contributed by atoms with Gasteiger partial charge in [-0.2, -0.15) is 11.8 Å². The number of hydrogen-bond acceptors (Lipinski definition) is 5. The fourth-order valence-electron chi connectivity index (χ4n) is 4.39. The number of hydrogen-bond donors (Lipinski definition) is 3. The zero-order chi connectivity index (χ0) is 25.4. The van der Waals surface area contributed by atoms with Crippen LogP contribution in [0.5, 0.6) is 0 Å². The van der Waals surface area contributed by atoms with Gasteiger partial charge in [0.2, 0.25) is 5.91 Å². The van der Waals surface area contributed by atoms with E-state index in [4.69, 9.17) is 4.74 Å². The molecule has 3 N–H and O–H groups in total. The Balaban J connectivity index is 1.52. The molecular weight excluding hydrogens is 464 g/mol. The normalized spacial score (nSPS) is 14.1. The number of carbonyl (C=O) groups is 3. The van der Waals surface area contributed by atoms with E-state index in [-0.39, 0.29) is 43.2 Å². The number of carboxylic acid groups (broad SMARTS) is 1. The number of thioether (sulfide) groups is 1. The van der Waals surface area contributed by atoms with Crippen molar-refractivity contribution in [1.82, 2.24) is 10.6 Å². The number of fused-ring (bicyclic) bond motifs is 3.